The lowest BCUT2D eigenvalue weighted by Gasteiger charge is -2.35. The van der Waals surface area contributed by atoms with Gasteiger partial charge in [0.15, 0.2) is 5.66 Å². The predicted octanol–water partition coefficient (Wildman–Crippen LogP) is 7.23. The van der Waals surface area contributed by atoms with Crippen LogP contribution in [0.3, 0.4) is 0 Å². The van der Waals surface area contributed by atoms with Gasteiger partial charge in [0.1, 0.15) is 0 Å². The van der Waals surface area contributed by atoms with Crippen LogP contribution in [-0.2, 0) is 0 Å². The van der Waals surface area contributed by atoms with Gasteiger partial charge in [-0.05, 0) is 40.5 Å². The van der Waals surface area contributed by atoms with Crippen LogP contribution in [-0.4, -0.2) is 32.2 Å². The summed E-state index contributed by atoms with van der Waals surface area (Å²) in [5, 5.41) is 9.18. The fraction of sp³-hybridized carbons (Fsp3) is 0.957. The van der Waals surface area contributed by atoms with Crippen molar-refractivity contribution in [2.24, 2.45) is 0 Å². The summed E-state index contributed by atoms with van der Waals surface area (Å²) in [6.45, 7) is 10.2. The zero-order valence-electron chi connectivity index (χ0n) is 19.4. The zero-order valence-corrected chi connectivity index (χ0v) is 20.3. The van der Waals surface area contributed by atoms with Gasteiger partial charge in [0, 0.05) is 12.1 Å². The smallest absolute Gasteiger partial charge is 0.201 e. The Labute approximate surface area is 176 Å². The molecule has 0 saturated carbocycles. The van der Waals surface area contributed by atoms with Gasteiger partial charge in [-0.1, -0.05) is 77.6 Å². The highest BCUT2D eigenvalue weighted by Gasteiger charge is 2.52. The second-order valence-corrected chi connectivity index (χ2v) is 11.3. The molecule has 0 spiro atoms. The van der Waals surface area contributed by atoms with Crippen LogP contribution in [0.5, 0.6) is 0 Å². The number of nitriles is 1. The first-order valence-electron chi connectivity index (χ1n) is 11.8. The number of unbranched alkanes of at least 4 members (excludes halogenated alkanes) is 11. The van der Waals surface area contributed by atoms with Crippen molar-refractivity contribution in [3.05, 3.63) is 0 Å². The van der Waals surface area contributed by atoms with Crippen molar-refractivity contribution in [3.8, 4) is 6.07 Å². The van der Waals surface area contributed by atoms with Gasteiger partial charge in [-0.15, -0.1) is 4.67 Å². The van der Waals surface area contributed by atoms with E-state index in [-0.39, 0.29) is 24.2 Å². The van der Waals surface area contributed by atoms with Gasteiger partial charge in [0.25, 0.3) is 0 Å². The van der Waals surface area contributed by atoms with Gasteiger partial charge in [0.2, 0.25) is 0 Å². The number of hydrogen-bond donors (Lipinski definition) is 2. The molecule has 0 aliphatic carbocycles. The summed E-state index contributed by atoms with van der Waals surface area (Å²) in [7, 11) is -3.26. The second kappa shape index (κ2) is 16.6. The summed E-state index contributed by atoms with van der Waals surface area (Å²) in [6, 6.07) is 2.30. The maximum absolute atomic E-state index is 10.9. The first-order valence-corrected chi connectivity index (χ1v) is 13.5. The van der Waals surface area contributed by atoms with E-state index in [1.807, 2.05) is 32.4 Å². The lowest BCUT2D eigenvalue weighted by molar-refractivity contribution is 0.229. The maximum Gasteiger partial charge on any atom is 0.347 e. The Kier molecular flexibility index (Phi) is 16.5. The molecule has 5 heteroatoms. The van der Waals surface area contributed by atoms with Gasteiger partial charge in [-0.2, -0.15) is 5.26 Å². The predicted molar refractivity (Wildman–Crippen MR) is 123 cm³/mol. The lowest BCUT2D eigenvalue weighted by atomic mass is 10.0. The Balaban J connectivity index is 4.09. The molecule has 1 atom stereocenters. The fourth-order valence-corrected chi connectivity index (χ4v) is 6.78. The van der Waals surface area contributed by atoms with E-state index in [4.69, 9.17) is 0 Å². The molecule has 0 rings (SSSR count). The molecule has 0 aromatic heterocycles. The third-order valence-electron chi connectivity index (χ3n) is 5.61. The minimum atomic E-state index is -3.26. The normalized spacial score (nSPS) is 13.5. The van der Waals surface area contributed by atoms with Crippen LogP contribution in [0.4, 0.5) is 0 Å². The molecule has 0 heterocycles. The van der Waals surface area contributed by atoms with E-state index >= 15 is 0 Å². The summed E-state index contributed by atoms with van der Waals surface area (Å²) < 4.78 is 1.83. The standard InChI is InChI=1S/C23H48N2O2P/c1-6-7-8-9-10-11-12-13-14-15-16-17-18-23(19-20-24)28(26,27)25(21(2)3)22(4)5/h21-23,26-27H,6-19H2,1-5H3/q+1. The van der Waals surface area contributed by atoms with E-state index < -0.39 is 7.87 Å². The molecule has 0 aliphatic heterocycles. The van der Waals surface area contributed by atoms with Crippen molar-refractivity contribution >= 4 is 7.87 Å². The molecule has 4 nitrogen and oxygen atoms in total. The van der Waals surface area contributed by atoms with Crippen LogP contribution in [0.25, 0.3) is 0 Å². The van der Waals surface area contributed by atoms with E-state index in [0.29, 0.717) is 0 Å². The van der Waals surface area contributed by atoms with E-state index in [1.165, 1.54) is 64.2 Å². The molecule has 0 aromatic carbocycles. The quantitative estimate of drug-likeness (QED) is 0.183. The average molecular weight is 416 g/mol. The molecule has 2 N–H and O–H groups in total. The molecule has 0 amide bonds. The summed E-state index contributed by atoms with van der Waals surface area (Å²) in [5.41, 5.74) is -0.314. The number of rotatable bonds is 18. The minimum absolute atomic E-state index is 0.0616. The molecule has 0 radical (unpaired) electrons. The molecule has 0 aromatic rings. The SMILES string of the molecule is CCCCCCCCCCCCCCC(CC#N)[P+](O)(O)N(C(C)C)C(C)C. The zero-order chi connectivity index (χ0) is 21.4. The third-order valence-corrected chi connectivity index (χ3v) is 8.63. The molecule has 0 aliphatic rings. The topological polar surface area (TPSA) is 67.5 Å². The monoisotopic (exact) mass is 415 g/mol. The number of nitrogens with zero attached hydrogens (tertiary/aromatic N) is 2. The Morgan fingerprint density at radius 3 is 1.50 bits per heavy atom. The Morgan fingerprint density at radius 2 is 1.14 bits per heavy atom. The van der Waals surface area contributed by atoms with Crippen molar-refractivity contribution in [2.75, 3.05) is 0 Å². The summed E-state index contributed by atoms with van der Waals surface area (Å²) >= 11 is 0. The highest BCUT2D eigenvalue weighted by molar-refractivity contribution is 7.63. The van der Waals surface area contributed by atoms with Crippen LogP contribution in [0, 0.1) is 11.3 Å². The largest absolute Gasteiger partial charge is 0.347 e. The Bertz CT molecular complexity index is 400. The molecular formula is C23H48N2O2P+. The molecular weight excluding hydrogens is 367 g/mol. The van der Waals surface area contributed by atoms with Crippen molar-refractivity contribution in [2.45, 2.75) is 142 Å². The van der Waals surface area contributed by atoms with Crippen LogP contribution in [0.1, 0.15) is 125 Å². The summed E-state index contributed by atoms with van der Waals surface area (Å²) in [5.74, 6) is 0. The van der Waals surface area contributed by atoms with E-state index in [9.17, 15) is 15.0 Å². The van der Waals surface area contributed by atoms with Crippen molar-refractivity contribution in [3.63, 3.8) is 0 Å². The molecule has 0 bridgehead atoms. The summed E-state index contributed by atoms with van der Waals surface area (Å²) in [6.07, 6.45) is 16.5. The van der Waals surface area contributed by atoms with Gasteiger partial charge in [0.05, 0.1) is 12.5 Å². The Morgan fingerprint density at radius 1 is 0.750 bits per heavy atom. The molecule has 0 saturated heterocycles. The number of hydrogen-bond acceptors (Lipinski definition) is 4. The van der Waals surface area contributed by atoms with E-state index in [2.05, 4.69) is 13.0 Å². The van der Waals surface area contributed by atoms with Crippen LogP contribution in [0.2, 0.25) is 0 Å². The molecule has 1 unspecified atom stereocenters. The van der Waals surface area contributed by atoms with Gasteiger partial charge in [-0.3, -0.25) is 0 Å². The molecule has 0 fully saturated rings. The Hall–Kier alpha value is -0.200. The second-order valence-electron chi connectivity index (χ2n) is 8.88. The van der Waals surface area contributed by atoms with E-state index in [0.717, 1.165) is 19.3 Å². The van der Waals surface area contributed by atoms with Crippen LogP contribution >= 0.6 is 7.87 Å². The first kappa shape index (κ1) is 27.8. The van der Waals surface area contributed by atoms with Crippen LogP contribution < -0.4 is 0 Å². The van der Waals surface area contributed by atoms with Crippen molar-refractivity contribution in [1.29, 1.82) is 5.26 Å². The molecule has 28 heavy (non-hydrogen) atoms. The van der Waals surface area contributed by atoms with Gasteiger partial charge < -0.3 is 0 Å². The third kappa shape index (κ3) is 11.7. The highest BCUT2D eigenvalue weighted by Crippen LogP contribution is 2.62. The highest BCUT2D eigenvalue weighted by atomic mass is 31.2. The summed E-state index contributed by atoms with van der Waals surface area (Å²) in [4.78, 5) is 21.8. The van der Waals surface area contributed by atoms with Gasteiger partial charge >= 0.3 is 7.87 Å². The fourth-order valence-electron chi connectivity index (χ4n) is 4.19. The van der Waals surface area contributed by atoms with Crippen molar-refractivity contribution < 1.29 is 9.79 Å². The van der Waals surface area contributed by atoms with Crippen molar-refractivity contribution in [1.82, 2.24) is 4.67 Å². The first-order chi connectivity index (χ1) is 13.3. The van der Waals surface area contributed by atoms with Gasteiger partial charge in [-0.25, -0.2) is 9.79 Å². The van der Waals surface area contributed by atoms with E-state index in [1.54, 1.807) is 0 Å². The minimum Gasteiger partial charge on any atom is -0.201 e. The van der Waals surface area contributed by atoms with Crippen LogP contribution in [0.15, 0.2) is 0 Å². The maximum atomic E-state index is 10.9. The average Bonchev–Trinajstić information content (AvgIpc) is 2.60. The molecule has 166 valence electrons. The lowest BCUT2D eigenvalue weighted by Crippen LogP contribution is -2.40.